The monoisotopic (exact) mass is 218 g/mol. The first kappa shape index (κ1) is 11.0. The molecule has 3 heteroatoms. The lowest BCUT2D eigenvalue weighted by Gasteiger charge is -2.11. The Bertz CT molecular complexity index is 408. The van der Waals surface area contributed by atoms with Crippen molar-refractivity contribution >= 4 is 11.6 Å². The van der Waals surface area contributed by atoms with E-state index in [1.807, 2.05) is 12.1 Å². The Balaban J connectivity index is 2.16. The molecule has 0 spiro atoms. The van der Waals surface area contributed by atoms with Gasteiger partial charge in [0, 0.05) is 17.3 Å². The van der Waals surface area contributed by atoms with Crippen molar-refractivity contribution in [1.82, 2.24) is 5.32 Å². The van der Waals surface area contributed by atoms with Gasteiger partial charge in [-0.2, -0.15) is 0 Å². The molecule has 86 valence electrons. The summed E-state index contributed by atoms with van der Waals surface area (Å²) in [5.74, 6) is 0.380. The minimum atomic E-state index is -0.00972. The molecule has 0 heterocycles. The summed E-state index contributed by atoms with van der Waals surface area (Å²) in [6.45, 7) is 4.19. The van der Waals surface area contributed by atoms with Gasteiger partial charge in [-0.15, -0.1) is 0 Å². The van der Waals surface area contributed by atoms with Gasteiger partial charge in [0.15, 0.2) is 0 Å². The second kappa shape index (κ2) is 4.16. The van der Waals surface area contributed by atoms with E-state index in [0.717, 1.165) is 18.4 Å². The van der Waals surface area contributed by atoms with Crippen molar-refractivity contribution in [3.63, 3.8) is 0 Å². The number of hydrogen-bond donors (Lipinski definition) is 2. The Labute approximate surface area is 96.0 Å². The fraction of sp³-hybridized carbons (Fsp3) is 0.462. The van der Waals surface area contributed by atoms with Gasteiger partial charge in [-0.05, 0) is 36.5 Å². The maximum absolute atomic E-state index is 11.8. The third kappa shape index (κ3) is 2.35. The molecule has 1 amide bonds. The highest BCUT2D eigenvalue weighted by atomic mass is 16.1. The van der Waals surface area contributed by atoms with Gasteiger partial charge in [0.05, 0.1) is 0 Å². The normalized spacial score (nSPS) is 15.2. The highest BCUT2D eigenvalue weighted by Gasteiger charge is 2.23. The van der Waals surface area contributed by atoms with E-state index < -0.39 is 0 Å². The minimum Gasteiger partial charge on any atom is -0.398 e. The van der Waals surface area contributed by atoms with E-state index >= 15 is 0 Å². The fourth-order valence-electron chi connectivity index (χ4n) is 1.74. The third-order valence-electron chi connectivity index (χ3n) is 2.88. The molecule has 0 saturated heterocycles. The Morgan fingerprint density at radius 3 is 2.62 bits per heavy atom. The average molecular weight is 218 g/mol. The SMILES string of the molecule is CC(C)c1ccc(C(=O)NC2CC2)cc1N. The molecule has 0 aliphatic heterocycles. The van der Waals surface area contributed by atoms with Crippen molar-refractivity contribution in [1.29, 1.82) is 0 Å². The molecular formula is C13H18N2O. The maximum Gasteiger partial charge on any atom is 0.251 e. The molecule has 0 bridgehead atoms. The van der Waals surface area contributed by atoms with Crippen LogP contribution in [0.4, 0.5) is 5.69 Å². The molecule has 0 unspecified atom stereocenters. The largest absolute Gasteiger partial charge is 0.398 e. The van der Waals surface area contributed by atoms with E-state index in [1.165, 1.54) is 0 Å². The second-order valence-electron chi connectivity index (χ2n) is 4.75. The summed E-state index contributed by atoms with van der Waals surface area (Å²) in [6.07, 6.45) is 2.20. The number of nitrogen functional groups attached to an aromatic ring is 1. The van der Waals surface area contributed by atoms with Crippen molar-refractivity contribution in [2.24, 2.45) is 0 Å². The Morgan fingerprint density at radius 1 is 1.44 bits per heavy atom. The second-order valence-corrected chi connectivity index (χ2v) is 4.75. The Kier molecular flexibility index (Phi) is 2.86. The van der Waals surface area contributed by atoms with Crippen molar-refractivity contribution in [2.45, 2.75) is 38.6 Å². The number of amides is 1. The molecule has 0 radical (unpaired) electrons. The van der Waals surface area contributed by atoms with Crippen LogP contribution >= 0.6 is 0 Å². The smallest absolute Gasteiger partial charge is 0.251 e. The third-order valence-corrected chi connectivity index (χ3v) is 2.88. The summed E-state index contributed by atoms with van der Waals surface area (Å²) in [5.41, 5.74) is 8.39. The highest BCUT2D eigenvalue weighted by molar-refractivity contribution is 5.95. The van der Waals surface area contributed by atoms with Gasteiger partial charge in [0.1, 0.15) is 0 Å². The van der Waals surface area contributed by atoms with Crippen molar-refractivity contribution in [2.75, 3.05) is 5.73 Å². The molecule has 3 N–H and O–H groups in total. The summed E-state index contributed by atoms with van der Waals surface area (Å²) < 4.78 is 0. The maximum atomic E-state index is 11.8. The van der Waals surface area contributed by atoms with Crippen LogP contribution in [0.1, 0.15) is 48.5 Å². The van der Waals surface area contributed by atoms with Gasteiger partial charge in [-0.1, -0.05) is 19.9 Å². The molecule has 1 aliphatic carbocycles. The lowest BCUT2D eigenvalue weighted by atomic mass is 9.99. The standard InChI is InChI=1S/C13H18N2O/c1-8(2)11-6-3-9(7-12(11)14)13(16)15-10-4-5-10/h3,6-8,10H,4-5,14H2,1-2H3,(H,15,16). The van der Waals surface area contributed by atoms with Gasteiger partial charge in [-0.3, -0.25) is 4.79 Å². The zero-order valence-electron chi connectivity index (χ0n) is 9.79. The predicted octanol–water partition coefficient (Wildman–Crippen LogP) is 2.28. The van der Waals surface area contributed by atoms with E-state index in [4.69, 9.17) is 5.73 Å². The minimum absolute atomic E-state index is 0.00972. The first-order chi connectivity index (χ1) is 7.58. The zero-order chi connectivity index (χ0) is 11.7. The number of carbonyl (C=O) groups is 1. The summed E-state index contributed by atoms with van der Waals surface area (Å²) >= 11 is 0. The van der Waals surface area contributed by atoms with Crippen LogP contribution in [0, 0.1) is 0 Å². The number of anilines is 1. The Morgan fingerprint density at radius 2 is 2.12 bits per heavy atom. The van der Waals surface area contributed by atoms with Crippen LogP contribution in [0.3, 0.4) is 0 Å². The van der Waals surface area contributed by atoms with Crippen molar-refractivity contribution in [3.8, 4) is 0 Å². The quantitative estimate of drug-likeness (QED) is 0.765. The van der Waals surface area contributed by atoms with Crippen LogP contribution in [0.15, 0.2) is 18.2 Å². The molecule has 0 aromatic heterocycles. The average Bonchev–Trinajstić information content (AvgIpc) is 3.00. The van der Waals surface area contributed by atoms with Crippen LogP contribution in [-0.2, 0) is 0 Å². The molecule has 1 saturated carbocycles. The van der Waals surface area contributed by atoms with Gasteiger partial charge in [0.25, 0.3) is 5.91 Å². The summed E-state index contributed by atoms with van der Waals surface area (Å²) in [4.78, 5) is 11.8. The number of carbonyl (C=O) groups excluding carboxylic acids is 1. The van der Waals surface area contributed by atoms with Gasteiger partial charge in [-0.25, -0.2) is 0 Å². The Hall–Kier alpha value is -1.51. The topological polar surface area (TPSA) is 55.1 Å². The fourth-order valence-corrected chi connectivity index (χ4v) is 1.74. The van der Waals surface area contributed by atoms with E-state index in [-0.39, 0.29) is 5.91 Å². The van der Waals surface area contributed by atoms with Crippen LogP contribution in [0.2, 0.25) is 0 Å². The van der Waals surface area contributed by atoms with E-state index in [2.05, 4.69) is 19.2 Å². The summed E-state index contributed by atoms with van der Waals surface area (Å²) in [6, 6.07) is 5.96. The van der Waals surface area contributed by atoms with Crippen LogP contribution in [0.5, 0.6) is 0 Å². The predicted molar refractivity (Wildman–Crippen MR) is 65.4 cm³/mol. The van der Waals surface area contributed by atoms with Gasteiger partial charge >= 0.3 is 0 Å². The van der Waals surface area contributed by atoms with Crippen LogP contribution in [0.25, 0.3) is 0 Å². The van der Waals surface area contributed by atoms with Crippen LogP contribution < -0.4 is 11.1 Å². The zero-order valence-corrected chi connectivity index (χ0v) is 9.79. The lowest BCUT2D eigenvalue weighted by molar-refractivity contribution is 0.0951. The molecule has 1 aliphatic rings. The molecule has 1 fully saturated rings. The van der Waals surface area contributed by atoms with Crippen LogP contribution in [-0.4, -0.2) is 11.9 Å². The lowest BCUT2D eigenvalue weighted by Crippen LogP contribution is -2.25. The van der Waals surface area contributed by atoms with E-state index in [9.17, 15) is 4.79 Å². The number of benzene rings is 1. The van der Waals surface area contributed by atoms with Crippen molar-refractivity contribution < 1.29 is 4.79 Å². The highest BCUT2D eigenvalue weighted by Crippen LogP contribution is 2.24. The number of nitrogens with one attached hydrogen (secondary N) is 1. The molecular weight excluding hydrogens is 200 g/mol. The molecule has 3 nitrogen and oxygen atoms in total. The first-order valence-electron chi connectivity index (χ1n) is 5.78. The van der Waals surface area contributed by atoms with E-state index in [1.54, 1.807) is 6.07 Å². The summed E-state index contributed by atoms with van der Waals surface area (Å²) in [7, 11) is 0. The molecule has 0 atom stereocenters. The molecule has 1 aromatic rings. The number of nitrogens with two attached hydrogens (primary N) is 1. The molecule has 1 aromatic carbocycles. The number of hydrogen-bond acceptors (Lipinski definition) is 2. The molecule has 16 heavy (non-hydrogen) atoms. The number of rotatable bonds is 3. The molecule has 2 rings (SSSR count). The van der Waals surface area contributed by atoms with Gasteiger partial charge < -0.3 is 11.1 Å². The van der Waals surface area contributed by atoms with Crippen molar-refractivity contribution in [3.05, 3.63) is 29.3 Å². The van der Waals surface area contributed by atoms with Gasteiger partial charge in [0.2, 0.25) is 0 Å². The summed E-state index contributed by atoms with van der Waals surface area (Å²) in [5, 5.41) is 2.95. The van der Waals surface area contributed by atoms with E-state index in [0.29, 0.717) is 23.2 Å². The first-order valence-corrected chi connectivity index (χ1v) is 5.78.